The van der Waals surface area contributed by atoms with E-state index in [1.54, 1.807) is 45.0 Å². The molecule has 1 aromatic carbocycles. The lowest BCUT2D eigenvalue weighted by atomic mass is 10.2. The van der Waals surface area contributed by atoms with Gasteiger partial charge in [-0.25, -0.2) is 8.42 Å². The molecule has 1 aromatic heterocycles. The summed E-state index contributed by atoms with van der Waals surface area (Å²) in [5.41, 5.74) is 0.629. The van der Waals surface area contributed by atoms with Crippen LogP contribution in [0, 0.1) is 0 Å². The molecule has 0 radical (unpaired) electrons. The largest absolute Gasteiger partial charge is 0.255 e. The van der Waals surface area contributed by atoms with Crippen molar-refractivity contribution in [1.29, 1.82) is 0 Å². The Hall–Kier alpha value is -1.13. The third-order valence-corrected chi connectivity index (χ3v) is 5.50. The number of rotatable bonds is 1. The molecule has 0 fully saturated rings. The fraction of sp³-hybridized carbons (Fsp3) is 0.308. The SMILES string of the molecule is CC(C)(C)S(=O)(=O)c1cccc2ncc(Cl)cc12. The minimum atomic E-state index is -3.42. The van der Waals surface area contributed by atoms with Gasteiger partial charge in [-0.15, -0.1) is 0 Å². The zero-order valence-corrected chi connectivity index (χ0v) is 12.0. The topological polar surface area (TPSA) is 47.0 Å². The van der Waals surface area contributed by atoms with Crippen LogP contribution in [0.4, 0.5) is 0 Å². The normalized spacial score (nSPS) is 12.9. The molecule has 2 rings (SSSR count). The Morgan fingerprint density at radius 2 is 1.89 bits per heavy atom. The van der Waals surface area contributed by atoms with E-state index in [9.17, 15) is 8.42 Å². The molecule has 2 aromatic rings. The molecule has 0 saturated heterocycles. The molecular formula is C13H14ClNO2S. The van der Waals surface area contributed by atoms with Gasteiger partial charge in [-0.05, 0) is 39.0 Å². The van der Waals surface area contributed by atoms with Gasteiger partial charge in [-0.2, -0.15) is 0 Å². The molecule has 5 heteroatoms. The molecular weight excluding hydrogens is 270 g/mol. The van der Waals surface area contributed by atoms with Crippen LogP contribution in [0.15, 0.2) is 35.4 Å². The van der Waals surface area contributed by atoms with E-state index in [0.29, 0.717) is 15.9 Å². The summed E-state index contributed by atoms with van der Waals surface area (Å²) in [6.07, 6.45) is 1.51. The van der Waals surface area contributed by atoms with E-state index >= 15 is 0 Å². The molecule has 0 atom stereocenters. The number of fused-ring (bicyclic) bond motifs is 1. The van der Waals surface area contributed by atoms with Crippen molar-refractivity contribution in [3.8, 4) is 0 Å². The van der Waals surface area contributed by atoms with Gasteiger partial charge in [0.25, 0.3) is 0 Å². The molecule has 0 saturated carbocycles. The predicted octanol–water partition coefficient (Wildman–Crippen LogP) is 3.46. The van der Waals surface area contributed by atoms with Crippen molar-refractivity contribution in [2.45, 2.75) is 30.4 Å². The highest BCUT2D eigenvalue weighted by atomic mass is 35.5. The van der Waals surface area contributed by atoms with Crippen molar-refractivity contribution in [1.82, 2.24) is 4.98 Å². The van der Waals surface area contributed by atoms with E-state index in [1.807, 2.05) is 0 Å². The zero-order chi connectivity index (χ0) is 13.6. The Labute approximate surface area is 112 Å². The summed E-state index contributed by atoms with van der Waals surface area (Å²) in [6, 6.07) is 6.71. The Morgan fingerprint density at radius 3 is 2.50 bits per heavy atom. The number of benzene rings is 1. The first-order chi connectivity index (χ1) is 8.23. The van der Waals surface area contributed by atoms with Gasteiger partial charge in [0.2, 0.25) is 0 Å². The maximum absolute atomic E-state index is 12.5. The van der Waals surface area contributed by atoms with Crippen molar-refractivity contribution < 1.29 is 8.42 Å². The Balaban J connectivity index is 2.85. The van der Waals surface area contributed by atoms with Crippen LogP contribution in [-0.2, 0) is 9.84 Å². The van der Waals surface area contributed by atoms with Crippen molar-refractivity contribution in [3.63, 3.8) is 0 Å². The average Bonchev–Trinajstić information content (AvgIpc) is 2.26. The second-order valence-electron chi connectivity index (χ2n) is 5.09. The van der Waals surface area contributed by atoms with Crippen LogP contribution in [0.5, 0.6) is 0 Å². The molecule has 0 aliphatic heterocycles. The van der Waals surface area contributed by atoms with Gasteiger partial charge in [0.05, 0.1) is 20.2 Å². The third kappa shape index (κ3) is 2.10. The van der Waals surface area contributed by atoms with Gasteiger partial charge in [-0.1, -0.05) is 17.7 Å². The second-order valence-corrected chi connectivity index (χ2v) is 8.20. The van der Waals surface area contributed by atoms with E-state index in [2.05, 4.69) is 4.98 Å². The van der Waals surface area contributed by atoms with Gasteiger partial charge in [-0.3, -0.25) is 4.98 Å². The summed E-state index contributed by atoms with van der Waals surface area (Å²) in [6.45, 7) is 5.04. The van der Waals surface area contributed by atoms with Gasteiger partial charge in [0.15, 0.2) is 9.84 Å². The van der Waals surface area contributed by atoms with Crippen LogP contribution >= 0.6 is 11.6 Å². The molecule has 3 nitrogen and oxygen atoms in total. The average molecular weight is 284 g/mol. The Morgan fingerprint density at radius 1 is 1.22 bits per heavy atom. The summed E-state index contributed by atoms with van der Waals surface area (Å²) in [5, 5.41) is 0.999. The number of sulfone groups is 1. The van der Waals surface area contributed by atoms with E-state index in [1.165, 1.54) is 6.20 Å². The number of halogens is 1. The molecule has 0 aliphatic rings. The molecule has 0 aliphatic carbocycles. The first kappa shape index (κ1) is 13.3. The molecule has 0 N–H and O–H groups in total. The number of pyridine rings is 1. The molecule has 1 heterocycles. The van der Waals surface area contributed by atoms with E-state index in [-0.39, 0.29) is 4.90 Å². The minimum Gasteiger partial charge on any atom is -0.255 e. The summed E-state index contributed by atoms with van der Waals surface area (Å²) >= 11 is 5.90. The summed E-state index contributed by atoms with van der Waals surface area (Å²) < 4.78 is 24.2. The lowest BCUT2D eigenvalue weighted by molar-refractivity contribution is 0.561. The second kappa shape index (κ2) is 4.21. The Bertz CT molecular complexity index is 702. The van der Waals surface area contributed by atoms with Crippen LogP contribution in [0.25, 0.3) is 10.9 Å². The van der Waals surface area contributed by atoms with Crippen LogP contribution < -0.4 is 0 Å². The Kier molecular flexibility index (Phi) is 3.11. The zero-order valence-electron chi connectivity index (χ0n) is 10.4. The van der Waals surface area contributed by atoms with E-state index < -0.39 is 14.6 Å². The van der Waals surface area contributed by atoms with Gasteiger partial charge in [0, 0.05) is 11.6 Å². The summed E-state index contributed by atoms with van der Waals surface area (Å²) in [4.78, 5) is 4.42. The molecule has 0 spiro atoms. The molecule has 0 bridgehead atoms. The maximum Gasteiger partial charge on any atom is 0.183 e. The fourth-order valence-electron chi connectivity index (χ4n) is 1.66. The fourth-order valence-corrected chi connectivity index (χ4v) is 3.19. The quantitative estimate of drug-likeness (QED) is 0.805. The summed E-state index contributed by atoms with van der Waals surface area (Å²) in [5.74, 6) is 0. The molecule has 96 valence electrons. The van der Waals surface area contributed by atoms with Crippen LogP contribution in [0.2, 0.25) is 5.02 Å². The lowest BCUT2D eigenvalue weighted by Gasteiger charge is -2.20. The van der Waals surface area contributed by atoms with Gasteiger partial charge in [0.1, 0.15) is 0 Å². The monoisotopic (exact) mass is 283 g/mol. The molecule has 0 amide bonds. The standard InChI is InChI=1S/C13H14ClNO2S/c1-13(2,3)18(16,17)12-6-4-5-11-10(12)7-9(14)8-15-11/h4-8H,1-3H3. The van der Waals surface area contributed by atoms with Crippen molar-refractivity contribution in [2.24, 2.45) is 0 Å². The summed E-state index contributed by atoms with van der Waals surface area (Å²) in [7, 11) is -3.42. The van der Waals surface area contributed by atoms with Crippen molar-refractivity contribution in [3.05, 3.63) is 35.5 Å². The first-order valence-electron chi connectivity index (χ1n) is 5.52. The van der Waals surface area contributed by atoms with Crippen LogP contribution in [0.3, 0.4) is 0 Å². The highest BCUT2D eigenvalue weighted by molar-refractivity contribution is 7.93. The number of nitrogens with zero attached hydrogens (tertiary/aromatic N) is 1. The van der Waals surface area contributed by atoms with Gasteiger partial charge >= 0.3 is 0 Å². The van der Waals surface area contributed by atoms with Crippen LogP contribution in [-0.4, -0.2) is 18.1 Å². The molecule has 18 heavy (non-hydrogen) atoms. The molecule has 0 unspecified atom stereocenters. The van der Waals surface area contributed by atoms with Crippen molar-refractivity contribution in [2.75, 3.05) is 0 Å². The number of aromatic nitrogens is 1. The first-order valence-corrected chi connectivity index (χ1v) is 7.38. The predicted molar refractivity (Wildman–Crippen MR) is 73.7 cm³/mol. The number of hydrogen-bond donors (Lipinski definition) is 0. The van der Waals surface area contributed by atoms with Gasteiger partial charge < -0.3 is 0 Å². The number of hydrogen-bond acceptors (Lipinski definition) is 3. The highest BCUT2D eigenvalue weighted by Crippen LogP contribution is 2.31. The maximum atomic E-state index is 12.5. The third-order valence-electron chi connectivity index (χ3n) is 2.75. The smallest absolute Gasteiger partial charge is 0.183 e. The van der Waals surface area contributed by atoms with Crippen LogP contribution in [0.1, 0.15) is 20.8 Å². The minimum absolute atomic E-state index is 0.280. The van der Waals surface area contributed by atoms with E-state index in [0.717, 1.165) is 0 Å². The lowest BCUT2D eigenvalue weighted by Crippen LogP contribution is -2.28. The van der Waals surface area contributed by atoms with E-state index in [4.69, 9.17) is 11.6 Å². The van der Waals surface area contributed by atoms with Crippen molar-refractivity contribution >= 4 is 32.3 Å². The highest BCUT2D eigenvalue weighted by Gasteiger charge is 2.32.